The molecule has 0 unspecified atom stereocenters. The summed E-state index contributed by atoms with van der Waals surface area (Å²) in [5.41, 5.74) is 7.93. The van der Waals surface area contributed by atoms with E-state index in [9.17, 15) is 9.59 Å². The van der Waals surface area contributed by atoms with Crippen LogP contribution in [0.2, 0.25) is 5.02 Å². The number of aliphatic carboxylic acids is 1. The Bertz CT molecular complexity index is 847. The summed E-state index contributed by atoms with van der Waals surface area (Å²) in [5, 5.41) is 9.37. The van der Waals surface area contributed by atoms with Crippen molar-refractivity contribution in [2.45, 2.75) is 12.1 Å². The van der Waals surface area contributed by atoms with Crippen LogP contribution in [0.25, 0.3) is 0 Å². The molecule has 1 heterocycles. The monoisotopic (exact) mass is 431 g/mol. The molecule has 0 bridgehead atoms. The second kappa shape index (κ2) is 10.5. The Morgan fingerprint density at radius 3 is 2.40 bits per heavy atom. The third-order valence-corrected chi connectivity index (χ3v) is 5.52. The summed E-state index contributed by atoms with van der Waals surface area (Å²) in [6, 6.07) is 17.4. The molecule has 0 radical (unpaired) electrons. The molecule has 0 spiro atoms. The normalized spacial score (nSPS) is 18.8. The van der Waals surface area contributed by atoms with E-state index < -0.39 is 17.9 Å². The number of piperazine rings is 1. The van der Waals surface area contributed by atoms with Gasteiger partial charge in [0.05, 0.1) is 12.6 Å². The molecule has 3 N–H and O–H groups in total. The van der Waals surface area contributed by atoms with Gasteiger partial charge in [-0.05, 0) is 23.3 Å². The Kier molecular flexibility index (Phi) is 7.81. The summed E-state index contributed by atoms with van der Waals surface area (Å²) in [7, 11) is 0. The summed E-state index contributed by atoms with van der Waals surface area (Å²) in [6.45, 7) is 2.15. The third-order valence-electron chi connectivity index (χ3n) is 5.27. The number of ether oxygens (including phenoxy) is 1. The van der Waals surface area contributed by atoms with E-state index >= 15 is 0 Å². The van der Waals surface area contributed by atoms with Gasteiger partial charge >= 0.3 is 5.97 Å². The van der Waals surface area contributed by atoms with E-state index in [1.165, 1.54) is 0 Å². The highest BCUT2D eigenvalue weighted by Crippen LogP contribution is 2.31. The highest BCUT2D eigenvalue weighted by Gasteiger charge is 2.34. The van der Waals surface area contributed by atoms with Crippen molar-refractivity contribution in [1.82, 2.24) is 9.80 Å². The number of amides is 1. The van der Waals surface area contributed by atoms with Gasteiger partial charge in [-0.1, -0.05) is 54.1 Å². The van der Waals surface area contributed by atoms with E-state index in [-0.39, 0.29) is 19.3 Å². The maximum atomic E-state index is 12.2. The predicted octanol–water partition coefficient (Wildman–Crippen LogP) is 2.00. The molecule has 0 saturated carbocycles. The van der Waals surface area contributed by atoms with Gasteiger partial charge in [0.1, 0.15) is 12.6 Å². The minimum absolute atomic E-state index is 0.0317. The number of nitrogens with two attached hydrogens (primary N) is 1. The molecule has 0 aromatic heterocycles. The van der Waals surface area contributed by atoms with Crippen LogP contribution < -0.4 is 5.73 Å². The number of hydrogen-bond acceptors (Lipinski definition) is 5. The summed E-state index contributed by atoms with van der Waals surface area (Å²) in [4.78, 5) is 27.0. The zero-order valence-electron chi connectivity index (χ0n) is 16.6. The van der Waals surface area contributed by atoms with Crippen molar-refractivity contribution in [2.75, 3.05) is 39.4 Å². The quantitative estimate of drug-likeness (QED) is 0.589. The van der Waals surface area contributed by atoms with Crippen LogP contribution in [0.3, 0.4) is 0 Å². The molecule has 3 rings (SSSR count). The Morgan fingerprint density at radius 2 is 1.77 bits per heavy atom. The first-order chi connectivity index (χ1) is 14.5. The minimum atomic E-state index is -1.01. The van der Waals surface area contributed by atoms with Gasteiger partial charge in [-0.15, -0.1) is 0 Å². The number of halogens is 1. The Labute approximate surface area is 181 Å². The fourth-order valence-corrected chi connectivity index (χ4v) is 3.98. The van der Waals surface area contributed by atoms with Crippen LogP contribution in [0.5, 0.6) is 0 Å². The lowest BCUT2D eigenvalue weighted by Crippen LogP contribution is -2.59. The van der Waals surface area contributed by atoms with E-state index in [0.29, 0.717) is 24.7 Å². The zero-order chi connectivity index (χ0) is 21.5. The first kappa shape index (κ1) is 22.2. The first-order valence-electron chi connectivity index (χ1n) is 9.83. The summed E-state index contributed by atoms with van der Waals surface area (Å²) in [5.74, 6) is -1.42. The molecular formula is C22H26ClN3O4. The van der Waals surface area contributed by atoms with Crippen LogP contribution in [0.4, 0.5) is 0 Å². The third kappa shape index (κ3) is 5.79. The number of hydrogen-bond donors (Lipinski definition) is 2. The average molecular weight is 432 g/mol. The number of carbonyl (C=O) groups excluding carboxylic acids is 1. The number of carboxylic acid groups (broad SMARTS) is 1. The van der Waals surface area contributed by atoms with Gasteiger partial charge in [-0.25, -0.2) is 4.79 Å². The van der Waals surface area contributed by atoms with Crippen molar-refractivity contribution in [2.24, 2.45) is 5.73 Å². The second-order valence-electron chi connectivity index (χ2n) is 7.26. The molecule has 1 fully saturated rings. The molecule has 1 aliphatic heterocycles. The lowest BCUT2D eigenvalue weighted by Gasteiger charge is -2.43. The number of rotatable bonds is 9. The average Bonchev–Trinajstić information content (AvgIpc) is 2.74. The molecule has 30 heavy (non-hydrogen) atoms. The van der Waals surface area contributed by atoms with Gasteiger partial charge in [0.15, 0.2) is 0 Å². The molecule has 2 atom stereocenters. The van der Waals surface area contributed by atoms with Gasteiger partial charge < -0.3 is 15.6 Å². The van der Waals surface area contributed by atoms with Crippen molar-refractivity contribution in [3.63, 3.8) is 0 Å². The maximum Gasteiger partial charge on any atom is 0.329 e. The first-order valence-corrected chi connectivity index (χ1v) is 10.2. The lowest BCUT2D eigenvalue weighted by atomic mass is 9.95. The van der Waals surface area contributed by atoms with Gasteiger partial charge in [0, 0.05) is 31.2 Å². The van der Waals surface area contributed by atoms with Crippen molar-refractivity contribution in [3.8, 4) is 0 Å². The molecule has 1 aliphatic rings. The number of primary amides is 1. The molecule has 8 heteroatoms. The summed E-state index contributed by atoms with van der Waals surface area (Å²) in [6.07, 6.45) is 0. The smallest absolute Gasteiger partial charge is 0.329 e. The zero-order valence-corrected chi connectivity index (χ0v) is 17.4. The van der Waals surface area contributed by atoms with E-state index in [1.54, 1.807) is 0 Å². The number of benzene rings is 2. The lowest BCUT2D eigenvalue weighted by molar-refractivity contribution is -0.142. The highest BCUT2D eigenvalue weighted by atomic mass is 35.5. The number of nitrogens with zero attached hydrogens (tertiary/aromatic N) is 2. The fraction of sp³-hybridized carbons (Fsp3) is 0.364. The molecule has 7 nitrogen and oxygen atoms in total. The van der Waals surface area contributed by atoms with Crippen molar-refractivity contribution in [1.29, 1.82) is 0 Å². The maximum absolute atomic E-state index is 12.2. The topological polar surface area (TPSA) is 96.1 Å². The summed E-state index contributed by atoms with van der Waals surface area (Å²) < 4.78 is 5.13. The number of carbonyl (C=O) groups is 2. The van der Waals surface area contributed by atoms with Crippen molar-refractivity contribution < 1.29 is 19.4 Å². The van der Waals surface area contributed by atoms with Crippen LogP contribution in [0, 0.1) is 0 Å². The molecule has 1 saturated heterocycles. The van der Waals surface area contributed by atoms with Crippen LogP contribution in [0.1, 0.15) is 17.2 Å². The number of carboxylic acids is 1. The SMILES string of the molecule is NC(=O)[C@H]1CN([C@@H](c2ccccc2)c2ccc(Cl)cc2)CCN1CCOCC(=O)O. The predicted molar refractivity (Wildman–Crippen MR) is 114 cm³/mol. The van der Waals surface area contributed by atoms with Crippen molar-refractivity contribution in [3.05, 3.63) is 70.7 Å². The largest absolute Gasteiger partial charge is 0.480 e. The molecule has 2 aromatic carbocycles. The Morgan fingerprint density at radius 1 is 1.10 bits per heavy atom. The Hall–Kier alpha value is -2.45. The molecule has 2 aromatic rings. The Balaban J connectivity index is 1.77. The van der Waals surface area contributed by atoms with E-state index in [1.807, 2.05) is 47.4 Å². The van der Waals surface area contributed by atoms with E-state index in [0.717, 1.165) is 17.7 Å². The molecule has 0 aliphatic carbocycles. The standard InChI is InChI=1S/C22H26ClN3O4/c23-18-8-6-17(7-9-18)21(16-4-2-1-3-5-16)26-11-10-25(19(14-26)22(24)29)12-13-30-15-20(27)28/h1-9,19,21H,10-15H2,(H2,24,29)(H,27,28)/t19-,21+/m1/s1. The van der Waals surface area contributed by atoms with E-state index in [4.69, 9.17) is 27.2 Å². The highest BCUT2D eigenvalue weighted by molar-refractivity contribution is 6.30. The van der Waals surface area contributed by atoms with Crippen LogP contribution in [-0.4, -0.2) is 72.2 Å². The fourth-order valence-electron chi connectivity index (χ4n) is 3.85. The van der Waals surface area contributed by atoms with Crippen LogP contribution in [-0.2, 0) is 14.3 Å². The van der Waals surface area contributed by atoms with Gasteiger partial charge in [0.2, 0.25) is 5.91 Å². The minimum Gasteiger partial charge on any atom is -0.480 e. The van der Waals surface area contributed by atoms with Crippen molar-refractivity contribution >= 4 is 23.5 Å². The summed E-state index contributed by atoms with van der Waals surface area (Å²) >= 11 is 6.08. The van der Waals surface area contributed by atoms with Crippen LogP contribution >= 0.6 is 11.6 Å². The van der Waals surface area contributed by atoms with Gasteiger partial charge in [-0.3, -0.25) is 14.6 Å². The second-order valence-corrected chi connectivity index (χ2v) is 7.70. The molecule has 160 valence electrons. The molecular weight excluding hydrogens is 406 g/mol. The van der Waals surface area contributed by atoms with Gasteiger partial charge in [0.25, 0.3) is 0 Å². The van der Waals surface area contributed by atoms with Crippen LogP contribution in [0.15, 0.2) is 54.6 Å². The van der Waals surface area contributed by atoms with Gasteiger partial charge in [-0.2, -0.15) is 0 Å². The molecule has 1 amide bonds. The van der Waals surface area contributed by atoms with E-state index in [2.05, 4.69) is 17.0 Å².